The Labute approximate surface area is 129 Å². The minimum atomic E-state index is -1.49. The maximum absolute atomic E-state index is 11.7. The Morgan fingerprint density at radius 3 is 1.43 bits per heavy atom. The Hall–Kier alpha value is -1.82. The van der Waals surface area contributed by atoms with E-state index in [9.17, 15) is 8.42 Å². The van der Waals surface area contributed by atoms with E-state index >= 15 is 0 Å². The maximum Gasteiger partial charge on any atom is 0.129 e. The number of hydrogen-bond acceptors (Lipinski definition) is 2. The van der Waals surface area contributed by atoms with Crippen molar-refractivity contribution in [1.29, 1.82) is 0 Å². The highest BCUT2D eigenvalue weighted by Gasteiger charge is 1.98. The molecule has 2 aromatic carbocycles. The third-order valence-electron chi connectivity index (χ3n) is 2.53. The molecule has 0 aliphatic heterocycles. The summed E-state index contributed by atoms with van der Waals surface area (Å²) in [5.41, 5.74) is 1.89. The number of rotatable bonds is 6. The molecular weight excluding hydrogens is 302 g/mol. The zero-order valence-corrected chi connectivity index (χ0v) is 12.8. The van der Waals surface area contributed by atoms with Crippen molar-refractivity contribution in [1.82, 2.24) is 4.13 Å². The van der Waals surface area contributed by atoms with Crippen LogP contribution in [0.5, 0.6) is 0 Å². The second kappa shape index (κ2) is 8.46. The standard InChI is InChI=1S/C16H15NO2S2/c18-20(13-11-15-7-3-1-4-8-15)17-21(19)14-12-16-9-5-2-6-10-16/h1-14,17H/b13-11+,14-12+. The summed E-state index contributed by atoms with van der Waals surface area (Å²) in [7, 11) is -2.98. The first-order chi connectivity index (χ1) is 10.2. The predicted molar refractivity (Wildman–Crippen MR) is 90.4 cm³/mol. The Morgan fingerprint density at radius 1 is 0.667 bits per heavy atom. The molecule has 2 atom stereocenters. The Bertz CT molecular complexity index is 608. The van der Waals surface area contributed by atoms with E-state index in [0.717, 1.165) is 11.1 Å². The highest BCUT2D eigenvalue weighted by atomic mass is 32.3. The summed E-state index contributed by atoms with van der Waals surface area (Å²) in [5, 5.41) is 2.95. The van der Waals surface area contributed by atoms with Crippen molar-refractivity contribution in [2.45, 2.75) is 0 Å². The molecular formula is C16H15NO2S2. The molecule has 1 N–H and O–H groups in total. The van der Waals surface area contributed by atoms with E-state index in [1.54, 1.807) is 12.2 Å². The van der Waals surface area contributed by atoms with Crippen LogP contribution in [0.2, 0.25) is 0 Å². The van der Waals surface area contributed by atoms with Gasteiger partial charge in [-0.05, 0) is 23.3 Å². The molecule has 5 heteroatoms. The average molecular weight is 317 g/mol. The van der Waals surface area contributed by atoms with Crippen LogP contribution in [-0.2, 0) is 22.0 Å². The molecule has 0 radical (unpaired) electrons. The van der Waals surface area contributed by atoms with Crippen molar-refractivity contribution in [2.75, 3.05) is 0 Å². The zero-order valence-electron chi connectivity index (χ0n) is 11.2. The first-order valence-electron chi connectivity index (χ1n) is 6.28. The van der Waals surface area contributed by atoms with Crippen molar-refractivity contribution >= 4 is 34.1 Å². The van der Waals surface area contributed by atoms with Crippen molar-refractivity contribution in [2.24, 2.45) is 0 Å². The van der Waals surface area contributed by atoms with Gasteiger partial charge in [-0.1, -0.05) is 60.7 Å². The van der Waals surface area contributed by atoms with Gasteiger partial charge in [0.25, 0.3) is 0 Å². The highest BCUT2D eigenvalue weighted by Crippen LogP contribution is 2.03. The van der Waals surface area contributed by atoms with Gasteiger partial charge in [0.1, 0.15) is 22.0 Å². The smallest absolute Gasteiger partial charge is 0.129 e. The molecule has 0 amide bonds. The van der Waals surface area contributed by atoms with Crippen molar-refractivity contribution in [3.8, 4) is 0 Å². The lowest BCUT2D eigenvalue weighted by atomic mass is 10.2. The second-order valence-electron chi connectivity index (χ2n) is 4.11. The van der Waals surface area contributed by atoms with Gasteiger partial charge in [0.05, 0.1) is 0 Å². The molecule has 0 saturated heterocycles. The molecule has 0 aliphatic carbocycles. The largest absolute Gasteiger partial charge is 0.237 e. The second-order valence-corrected chi connectivity index (χ2v) is 6.51. The lowest BCUT2D eigenvalue weighted by Gasteiger charge is -1.96. The molecule has 0 saturated carbocycles. The monoisotopic (exact) mass is 317 g/mol. The number of hydrogen-bond donors (Lipinski definition) is 1. The quantitative estimate of drug-likeness (QED) is 0.889. The summed E-state index contributed by atoms with van der Waals surface area (Å²) < 4.78 is 25.9. The minimum absolute atomic E-state index is 0.943. The summed E-state index contributed by atoms with van der Waals surface area (Å²) in [4.78, 5) is 0. The van der Waals surface area contributed by atoms with Gasteiger partial charge in [-0.2, -0.15) is 0 Å². The molecule has 21 heavy (non-hydrogen) atoms. The first-order valence-corrected chi connectivity index (χ1v) is 8.70. The van der Waals surface area contributed by atoms with E-state index in [1.807, 2.05) is 60.7 Å². The van der Waals surface area contributed by atoms with E-state index in [-0.39, 0.29) is 0 Å². The van der Waals surface area contributed by atoms with Crippen LogP contribution in [0.3, 0.4) is 0 Å². The van der Waals surface area contributed by atoms with Gasteiger partial charge in [0.15, 0.2) is 0 Å². The summed E-state index contributed by atoms with van der Waals surface area (Å²) in [6, 6.07) is 19.0. The maximum atomic E-state index is 11.7. The van der Waals surface area contributed by atoms with Gasteiger partial charge in [-0.15, -0.1) is 4.13 Å². The van der Waals surface area contributed by atoms with Crippen LogP contribution < -0.4 is 4.13 Å². The zero-order chi connectivity index (χ0) is 14.9. The molecule has 0 aliphatic rings. The molecule has 2 aromatic rings. The van der Waals surface area contributed by atoms with Crippen LogP contribution in [0.25, 0.3) is 12.2 Å². The first kappa shape index (κ1) is 15.6. The van der Waals surface area contributed by atoms with E-state index in [1.165, 1.54) is 10.8 Å². The van der Waals surface area contributed by atoms with Crippen molar-refractivity contribution in [3.63, 3.8) is 0 Å². The van der Waals surface area contributed by atoms with Crippen LogP contribution in [0.4, 0.5) is 0 Å². The molecule has 2 rings (SSSR count). The Morgan fingerprint density at radius 2 is 1.05 bits per heavy atom. The third-order valence-corrected chi connectivity index (χ3v) is 4.61. The van der Waals surface area contributed by atoms with Gasteiger partial charge in [-0.3, -0.25) is 0 Å². The minimum Gasteiger partial charge on any atom is -0.237 e. The fourth-order valence-corrected chi connectivity index (χ4v) is 3.20. The Balaban J connectivity index is 1.87. The van der Waals surface area contributed by atoms with Gasteiger partial charge in [0.2, 0.25) is 0 Å². The predicted octanol–water partition coefficient (Wildman–Crippen LogP) is 3.25. The van der Waals surface area contributed by atoms with Crippen molar-refractivity contribution in [3.05, 3.63) is 82.6 Å². The molecule has 0 spiro atoms. The van der Waals surface area contributed by atoms with Crippen LogP contribution in [-0.4, -0.2) is 8.42 Å². The topological polar surface area (TPSA) is 46.2 Å². The Kier molecular flexibility index (Phi) is 6.27. The normalized spacial score (nSPS) is 14.5. The molecule has 108 valence electrons. The van der Waals surface area contributed by atoms with Gasteiger partial charge in [0, 0.05) is 10.8 Å². The lowest BCUT2D eigenvalue weighted by Crippen LogP contribution is -2.15. The van der Waals surface area contributed by atoms with E-state index in [2.05, 4.69) is 4.13 Å². The van der Waals surface area contributed by atoms with E-state index in [0.29, 0.717) is 0 Å². The third kappa shape index (κ3) is 5.99. The molecule has 2 unspecified atom stereocenters. The molecule has 3 nitrogen and oxygen atoms in total. The molecule has 0 bridgehead atoms. The van der Waals surface area contributed by atoms with E-state index in [4.69, 9.17) is 0 Å². The van der Waals surface area contributed by atoms with Gasteiger partial charge in [-0.25, -0.2) is 8.42 Å². The SMILES string of the molecule is O=S(/C=C/c1ccccc1)NS(=O)/C=C/c1ccccc1. The fraction of sp³-hybridized carbons (Fsp3) is 0. The van der Waals surface area contributed by atoms with Crippen LogP contribution in [0, 0.1) is 0 Å². The van der Waals surface area contributed by atoms with Crippen LogP contribution in [0.1, 0.15) is 11.1 Å². The summed E-state index contributed by atoms with van der Waals surface area (Å²) in [6.07, 6.45) is 3.45. The summed E-state index contributed by atoms with van der Waals surface area (Å²) >= 11 is 0. The van der Waals surface area contributed by atoms with Crippen LogP contribution >= 0.6 is 0 Å². The highest BCUT2D eigenvalue weighted by molar-refractivity contribution is 8.01. The number of nitrogens with one attached hydrogen (secondary N) is 1. The number of benzene rings is 2. The lowest BCUT2D eigenvalue weighted by molar-refractivity contribution is 0.678. The van der Waals surface area contributed by atoms with Crippen molar-refractivity contribution < 1.29 is 8.42 Å². The summed E-state index contributed by atoms with van der Waals surface area (Å²) in [5.74, 6) is 0. The fourth-order valence-electron chi connectivity index (χ4n) is 1.55. The van der Waals surface area contributed by atoms with Gasteiger partial charge >= 0.3 is 0 Å². The molecule has 0 heterocycles. The molecule has 0 aromatic heterocycles. The van der Waals surface area contributed by atoms with Gasteiger partial charge < -0.3 is 0 Å². The molecule has 0 fully saturated rings. The summed E-state index contributed by atoms with van der Waals surface area (Å²) in [6.45, 7) is 0. The average Bonchev–Trinajstić information content (AvgIpc) is 2.53. The van der Waals surface area contributed by atoms with Crippen LogP contribution in [0.15, 0.2) is 71.5 Å². The van der Waals surface area contributed by atoms with E-state index < -0.39 is 22.0 Å².